The third kappa shape index (κ3) is 6.03. The van der Waals surface area contributed by atoms with Crippen molar-refractivity contribution in [1.29, 1.82) is 0 Å². The number of hydrogen-bond donors (Lipinski definition) is 0. The first-order valence-electron chi connectivity index (χ1n) is 10.5. The Bertz CT molecular complexity index is 1100. The summed E-state index contributed by atoms with van der Waals surface area (Å²) in [5, 5.41) is 0.706. The molecule has 1 heterocycles. The largest absolute Gasteiger partial charge is 0.416 e. The molecule has 3 nitrogen and oxygen atoms in total. The third-order valence-corrected chi connectivity index (χ3v) is 6.86. The lowest BCUT2D eigenvalue weighted by Crippen LogP contribution is -2.48. The van der Waals surface area contributed by atoms with Crippen molar-refractivity contribution in [2.24, 2.45) is 0 Å². The van der Waals surface area contributed by atoms with Crippen LogP contribution in [0, 0.1) is 0 Å². The highest BCUT2D eigenvalue weighted by Gasteiger charge is 2.31. The molecule has 0 saturated carbocycles. The van der Waals surface area contributed by atoms with Crippen molar-refractivity contribution in [3.05, 3.63) is 94.5 Å². The molecule has 1 aliphatic heterocycles. The van der Waals surface area contributed by atoms with Crippen molar-refractivity contribution < 1.29 is 18.0 Å². The minimum atomic E-state index is -4.37. The molecule has 0 spiro atoms. The Labute approximate surface area is 200 Å². The summed E-state index contributed by atoms with van der Waals surface area (Å²) >= 11 is 7.61. The molecule has 3 aromatic carbocycles. The first-order chi connectivity index (χ1) is 15.8. The van der Waals surface area contributed by atoms with Gasteiger partial charge in [-0.3, -0.25) is 4.79 Å². The number of halogens is 4. The fraction of sp³-hybridized carbons (Fsp3) is 0.240. The molecular weight excluding hydrogens is 469 g/mol. The van der Waals surface area contributed by atoms with Gasteiger partial charge in [0.15, 0.2) is 0 Å². The normalized spacial score (nSPS) is 14.4. The monoisotopic (exact) mass is 490 g/mol. The van der Waals surface area contributed by atoms with Crippen LogP contribution in [0.15, 0.2) is 77.7 Å². The van der Waals surface area contributed by atoms with Crippen LogP contribution < -0.4 is 4.90 Å². The SMILES string of the molecule is O=C(c1ccc(CSc2ccc(Cl)cc2)cc1)N1CCN(c2cccc(C(F)(F)F)c2)CC1. The predicted octanol–water partition coefficient (Wildman–Crippen LogP) is 6.61. The zero-order valence-electron chi connectivity index (χ0n) is 17.7. The first kappa shape index (κ1) is 23.5. The van der Waals surface area contributed by atoms with Gasteiger partial charge in [-0.15, -0.1) is 11.8 Å². The van der Waals surface area contributed by atoms with Crippen molar-refractivity contribution >= 4 is 35.0 Å². The molecule has 0 atom stereocenters. The highest BCUT2D eigenvalue weighted by molar-refractivity contribution is 7.98. The van der Waals surface area contributed by atoms with E-state index in [2.05, 4.69) is 0 Å². The molecule has 172 valence electrons. The minimum absolute atomic E-state index is 0.0596. The van der Waals surface area contributed by atoms with Gasteiger partial charge in [0.2, 0.25) is 0 Å². The molecule has 3 aromatic rings. The number of hydrogen-bond acceptors (Lipinski definition) is 3. The summed E-state index contributed by atoms with van der Waals surface area (Å²) in [5.74, 6) is 0.724. The average Bonchev–Trinajstić information content (AvgIpc) is 2.83. The smallest absolute Gasteiger partial charge is 0.368 e. The van der Waals surface area contributed by atoms with Gasteiger partial charge in [0.05, 0.1) is 5.56 Å². The van der Waals surface area contributed by atoms with Crippen LogP contribution in [-0.4, -0.2) is 37.0 Å². The lowest BCUT2D eigenvalue weighted by atomic mass is 10.1. The summed E-state index contributed by atoms with van der Waals surface area (Å²) in [7, 11) is 0. The molecule has 1 fully saturated rings. The van der Waals surface area contributed by atoms with E-state index in [1.165, 1.54) is 6.07 Å². The van der Waals surface area contributed by atoms with E-state index in [4.69, 9.17) is 11.6 Å². The number of carbonyl (C=O) groups excluding carboxylic acids is 1. The van der Waals surface area contributed by atoms with Crippen molar-refractivity contribution in [2.45, 2.75) is 16.8 Å². The van der Waals surface area contributed by atoms with E-state index in [9.17, 15) is 18.0 Å². The van der Waals surface area contributed by atoms with Crippen molar-refractivity contribution in [1.82, 2.24) is 4.90 Å². The molecule has 0 N–H and O–H groups in total. The molecular formula is C25H22ClF3N2OS. The number of amides is 1. The van der Waals surface area contributed by atoms with Crippen LogP contribution in [0.1, 0.15) is 21.5 Å². The molecule has 4 rings (SSSR count). The molecule has 0 aromatic heterocycles. The van der Waals surface area contributed by atoms with Crippen LogP contribution in [0.2, 0.25) is 5.02 Å². The summed E-state index contributed by atoms with van der Waals surface area (Å²) in [5.41, 5.74) is 1.59. The van der Waals surface area contributed by atoms with Crippen molar-refractivity contribution in [3.8, 4) is 0 Å². The fourth-order valence-corrected chi connectivity index (χ4v) is 4.65. The van der Waals surface area contributed by atoms with Gasteiger partial charge >= 0.3 is 6.18 Å². The summed E-state index contributed by atoms with van der Waals surface area (Å²) < 4.78 is 39.0. The van der Waals surface area contributed by atoms with Gasteiger partial charge in [-0.1, -0.05) is 29.8 Å². The van der Waals surface area contributed by atoms with E-state index in [1.54, 1.807) is 22.7 Å². The van der Waals surface area contributed by atoms with E-state index in [0.717, 1.165) is 28.3 Å². The highest BCUT2D eigenvalue weighted by Crippen LogP contribution is 2.32. The topological polar surface area (TPSA) is 23.6 Å². The first-order valence-corrected chi connectivity index (χ1v) is 11.8. The second kappa shape index (κ2) is 10.1. The number of thioether (sulfide) groups is 1. The van der Waals surface area contributed by atoms with Crippen LogP contribution in [0.4, 0.5) is 18.9 Å². The Morgan fingerprint density at radius 1 is 0.909 bits per heavy atom. The molecule has 0 radical (unpaired) electrons. The number of rotatable bonds is 5. The second-order valence-corrected chi connectivity index (χ2v) is 9.25. The van der Waals surface area contributed by atoms with Crippen LogP contribution in [0.5, 0.6) is 0 Å². The van der Waals surface area contributed by atoms with Crippen LogP contribution >= 0.6 is 23.4 Å². The van der Waals surface area contributed by atoms with Gasteiger partial charge in [-0.25, -0.2) is 0 Å². The summed E-state index contributed by atoms with van der Waals surface area (Å²) in [6, 6.07) is 20.6. The van der Waals surface area contributed by atoms with E-state index in [1.807, 2.05) is 53.4 Å². The molecule has 0 bridgehead atoms. The standard InChI is InChI=1S/C25H22ClF3N2OS/c26-21-8-10-23(11-9-21)33-17-18-4-6-19(7-5-18)24(32)31-14-12-30(13-15-31)22-3-1-2-20(16-22)25(27,28)29/h1-11,16H,12-15,17H2. The van der Waals surface area contributed by atoms with Gasteiger partial charge in [0.1, 0.15) is 0 Å². The summed E-state index contributed by atoms with van der Waals surface area (Å²) in [6.07, 6.45) is -4.37. The molecule has 1 amide bonds. The molecule has 33 heavy (non-hydrogen) atoms. The van der Waals surface area contributed by atoms with Gasteiger partial charge in [0.25, 0.3) is 5.91 Å². The van der Waals surface area contributed by atoms with Crippen molar-refractivity contribution in [3.63, 3.8) is 0 Å². The maximum Gasteiger partial charge on any atom is 0.416 e. The zero-order chi connectivity index (χ0) is 23.4. The van der Waals surface area contributed by atoms with Crippen LogP contribution in [-0.2, 0) is 11.9 Å². The van der Waals surface area contributed by atoms with Crippen LogP contribution in [0.25, 0.3) is 0 Å². The molecule has 1 saturated heterocycles. The lowest BCUT2D eigenvalue weighted by molar-refractivity contribution is -0.137. The van der Waals surface area contributed by atoms with Crippen LogP contribution in [0.3, 0.4) is 0 Å². The number of carbonyl (C=O) groups is 1. The molecule has 0 aliphatic carbocycles. The Morgan fingerprint density at radius 3 is 2.21 bits per heavy atom. The minimum Gasteiger partial charge on any atom is -0.368 e. The number of piperazine rings is 1. The number of anilines is 1. The Hall–Kier alpha value is -2.64. The summed E-state index contributed by atoms with van der Waals surface area (Å²) in [4.78, 5) is 17.7. The molecule has 1 aliphatic rings. The molecule has 0 unspecified atom stereocenters. The zero-order valence-corrected chi connectivity index (χ0v) is 19.3. The average molecular weight is 491 g/mol. The Balaban J connectivity index is 1.32. The number of nitrogens with zero attached hydrogens (tertiary/aromatic N) is 2. The van der Waals surface area contributed by atoms with E-state index in [0.29, 0.717) is 42.5 Å². The van der Waals surface area contributed by atoms with Crippen molar-refractivity contribution in [2.75, 3.05) is 31.1 Å². The van der Waals surface area contributed by atoms with Gasteiger partial charge in [-0.05, 0) is 60.2 Å². The van der Waals surface area contributed by atoms with Gasteiger partial charge in [-0.2, -0.15) is 13.2 Å². The van der Waals surface area contributed by atoms with Gasteiger partial charge in [0, 0.05) is 53.1 Å². The van der Waals surface area contributed by atoms with E-state index < -0.39 is 11.7 Å². The lowest BCUT2D eigenvalue weighted by Gasteiger charge is -2.36. The highest BCUT2D eigenvalue weighted by atomic mass is 35.5. The maximum atomic E-state index is 13.0. The maximum absolute atomic E-state index is 13.0. The number of benzene rings is 3. The van der Waals surface area contributed by atoms with Gasteiger partial charge < -0.3 is 9.80 Å². The third-order valence-electron chi connectivity index (χ3n) is 5.53. The Kier molecular flexibility index (Phi) is 7.20. The fourth-order valence-electron chi connectivity index (χ4n) is 3.67. The molecule has 8 heteroatoms. The second-order valence-electron chi connectivity index (χ2n) is 7.77. The quantitative estimate of drug-likeness (QED) is 0.376. The predicted molar refractivity (Wildman–Crippen MR) is 127 cm³/mol. The van der Waals surface area contributed by atoms with E-state index in [-0.39, 0.29) is 5.91 Å². The Morgan fingerprint density at radius 2 is 1.58 bits per heavy atom. The number of alkyl halides is 3. The van der Waals surface area contributed by atoms with E-state index >= 15 is 0 Å². The summed E-state index contributed by atoms with van der Waals surface area (Å²) in [6.45, 7) is 1.90.